The van der Waals surface area contributed by atoms with Crippen molar-refractivity contribution in [2.45, 2.75) is 19.9 Å². The van der Waals surface area contributed by atoms with Crippen LogP contribution in [0.4, 0.5) is 4.39 Å². The summed E-state index contributed by atoms with van der Waals surface area (Å²) in [6, 6.07) is 6.04. The SMILES string of the molecule is Cc1nc(CN(C)C(=O)Cc2cccc(F)c2)n[nH]1. The molecule has 1 amide bonds. The molecule has 0 aliphatic carbocycles. The summed E-state index contributed by atoms with van der Waals surface area (Å²) < 4.78 is 13.0. The molecule has 100 valence electrons. The summed E-state index contributed by atoms with van der Waals surface area (Å²) in [5.41, 5.74) is 0.656. The zero-order valence-electron chi connectivity index (χ0n) is 10.9. The van der Waals surface area contributed by atoms with E-state index in [0.29, 0.717) is 23.8 Å². The molecule has 0 aliphatic rings. The number of nitrogens with zero attached hydrogens (tertiary/aromatic N) is 3. The molecule has 2 aromatic rings. The third-order valence-corrected chi connectivity index (χ3v) is 2.69. The van der Waals surface area contributed by atoms with E-state index in [1.807, 2.05) is 0 Å². The largest absolute Gasteiger partial charge is 0.338 e. The molecule has 0 atom stereocenters. The van der Waals surface area contributed by atoms with Crippen molar-refractivity contribution in [2.75, 3.05) is 7.05 Å². The molecule has 0 radical (unpaired) electrons. The molecule has 2 rings (SSSR count). The molecule has 6 heteroatoms. The van der Waals surface area contributed by atoms with Gasteiger partial charge in [0.15, 0.2) is 5.82 Å². The number of aromatic amines is 1. The fraction of sp³-hybridized carbons (Fsp3) is 0.308. The van der Waals surface area contributed by atoms with Gasteiger partial charge in [-0.3, -0.25) is 9.89 Å². The van der Waals surface area contributed by atoms with Gasteiger partial charge in [0.1, 0.15) is 11.6 Å². The highest BCUT2D eigenvalue weighted by molar-refractivity contribution is 5.78. The lowest BCUT2D eigenvalue weighted by Gasteiger charge is -2.15. The van der Waals surface area contributed by atoms with Crippen LogP contribution in [0.25, 0.3) is 0 Å². The van der Waals surface area contributed by atoms with E-state index >= 15 is 0 Å². The summed E-state index contributed by atoms with van der Waals surface area (Å²) >= 11 is 0. The zero-order valence-corrected chi connectivity index (χ0v) is 10.9. The average Bonchev–Trinajstić information content (AvgIpc) is 2.74. The minimum atomic E-state index is -0.336. The van der Waals surface area contributed by atoms with Crippen LogP contribution >= 0.6 is 0 Å². The smallest absolute Gasteiger partial charge is 0.227 e. The Kier molecular flexibility index (Phi) is 3.89. The van der Waals surface area contributed by atoms with Crippen LogP contribution in [0.1, 0.15) is 17.2 Å². The molecule has 19 heavy (non-hydrogen) atoms. The number of H-pyrrole nitrogens is 1. The molecule has 0 saturated carbocycles. The molecular formula is C13H15FN4O. The second kappa shape index (κ2) is 5.60. The van der Waals surface area contributed by atoms with Crippen molar-refractivity contribution >= 4 is 5.91 Å². The monoisotopic (exact) mass is 262 g/mol. The highest BCUT2D eigenvalue weighted by Gasteiger charge is 2.12. The van der Waals surface area contributed by atoms with Crippen LogP contribution < -0.4 is 0 Å². The Morgan fingerprint density at radius 3 is 2.89 bits per heavy atom. The van der Waals surface area contributed by atoms with Crippen molar-refractivity contribution in [2.24, 2.45) is 0 Å². The summed E-state index contributed by atoms with van der Waals surface area (Å²) in [4.78, 5) is 17.6. The number of halogens is 1. The van der Waals surface area contributed by atoms with Crippen LogP contribution in [0.5, 0.6) is 0 Å². The van der Waals surface area contributed by atoms with E-state index in [2.05, 4.69) is 15.2 Å². The Morgan fingerprint density at radius 1 is 1.47 bits per heavy atom. The first-order valence-electron chi connectivity index (χ1n) is 5.91. The summed E-state index contributed by atoms with van der Waals surface area (Å²) in [5, 5.41) is 6.69. The number of nitrogens with one attached hydrogen (secondary N) is 1. The van der Waals surface area contributed by atoms with Gasteiger partial charge < -0.3 is 4.90 Å². The molecule has 1 N–H and O–H groups in total. The Hall–Kier alpha value is -2.24. The number of aryl methyl sites for hydroxylation is 1. The van der Waals surface area contributed by atoms with E-state index < -0.39 is 0 Å². The van der Waals surface area contributed by atoms with Crippen LogP contribution in [0, 0.1) is 12.7 Å². The lowest BCUT2D eigenvalue weighted by Crippen LogP contribution is -2.28. The fourth-order valence-corrected chi connectivity index (χ4v) is 1.72. The van der Waals surface area contributed by atoms with Gasteiger partial charge in [-0.15, -0.1) is 0 Å². The average molecular weight is 262 g/mol. The normalized spacial score (nSPS) is 10.5. The van der Waals surface area contributed by atoms with Crippen LogP contribution in [-0.2, 0) is 17.8 Å². The van der Waals surface area contributed by atoms with Gasteiger partial charge in [-0.25, -0.2) is 9.37 Å². The van der Waals surface area contributed by atoms with Crippen molar-refractivity contribution in [3.05, 3.63) is 47.3 Å². The molecule has 1 aromatic carbocycles. The van der Waals surface area contributed by atoms with Gasteiger partial charge in [0, 0.05) is 7.05 Å². The van der Waals surface area contributed by atoms with Crippen molar-refractivity contribution in [3.63, 3.8) is 0 Å². The van der Waals surface area contributed by atoms with Gasteiger partial charge in [0.2, 0.25) is 5.91 Å². The van der Waals surface area contributed by atoms with Gasteiger partial charge in [0.25, 0.3) is 0 Å². The van der Waals surface area contributed by atoms with Crippen LogP contribution in [0.2, 0.25) is 0 Å². The van der Waals surface area contributed by atoms with E-state index in [-0.39, 0.29) is 18.1 Å². The predicted molar refractivity (Wildman–Crippen MR) is 67.7 cm³/mol. The standard InChI is InChI=1S/C13H15FN4O/c1-9-15-12(17-16-9)8-18(2)13(19)7-10-4-3-5-11(14)6-10/h3-6H,7-8H2,1-2H3,(H,15,16,17). The van der Waals surface area contributed by atoms with Gasteiger partial charge in [0.05, 0.1) is 13.0 Å². The van der Waals surface area contributed by atoms with E-state index in [9.17, 15) is 9.18 Å². The zero-order chi connectivity index (χ0) is 13.8. The number of aromatic nitrogens is 3. The molecule has 0 saturated heterocycles. The molecular weight excluding hydrogens is 247 g/mol. The highest BCUT2D eigenvalue weighted by Crippen LogP contribution is 2.07. The summed E-state index contributed by atoms with van der Waals surface area (Å²) in [5.74, 6) is 0.833. The molecule has 5 nitrogen and oxygen atoms in total. The number of benzene rings is 1. The summed E-state index contributed by atoms with van der Waals surface area (Å²) in [7, 11) is 1.67. The topological polar surface area (TPSA) is 61.9 Å². The quantitative estimate of drug-likeness (QED) is 0.907. The molecule has 1 aromatic heterocycles. The summed E-state index contributed by atoms with van der Waals surface area (Å²) in [6.07, 6.45) is 0.164. The van der Waals surface area contributed by atoms with Crippen LogP contribution in [0.3, 0.4) is 0 Å². The van der Waals surface area contributed by atoms with Crippen molar-refractivity contribution < 1.29 is 9.18 Å². The van der Waals surface area contributed by atoms with Gasteiger partial charge in [-0.05, 0) is 24.6 Å². The highest BCUT2D eigenvalue weighted by atomic mass is 19.1. The van der Waals surface area contributed by atoms with E-state index in [4.69, 9.17) is 0 Å². The number of likely N-dealkylation sites (N-methyl/N-ethyl adjacent to an activating group) is 1. The van der Waals surface area contributed by atoms with Crippen LogP contribution in [-0.4, -0.2) is 33.0 Å². The number of hydrogen-bond donors (Lipinski definition) is 1. The number of carbonyl (C=O) groups excluding carboxylic acids is 1. The first kappa shape index (κ1) is 13.2. The number of hydrogen-bond acceptors (Lipinski definition) is 3. The van der Waals surface area contributed by atoms with Crippen molar-refractivity contribution in [1.82, 2.24) is 20.1 Å². The number of rotatable bonds is 4. The molecule has 0 spiro atoms. The Morgan fingerprint density at radius 2 is 2.26 bits per heavy atom. The van der Waals surface area contributed by atoms with Crippen LogP contribution in [0.15, 0.2) is 24.3 Å². The lowest BCUT2D eigenvalue weighted by atomic mass is 10.1. The third-order valence-electron chi connectivity index (χ3n) is 2.69. The molecule has 0 bridgehead atoms. The second-order valence-electron chi connectivity index (χ2n) is 4.39. The number of amides is 1. The Balaban J connectivity index is 1.96. The molecule has 0 fully saturated rings. The summed E-state index contributed by atoms with van der Waals surface area (Å²) in [6.45, 7) is 2.13. The second-order valence-corrected chi connectivity index (χ2v) is 4.39. The molecule has 0 unspecified atom stereocenters. The fourth-order valence-electron chi connectivity index (χ4n) is 1.72. The van der Waals surface area contributed by atoms with E-state index in [1.54, 1.807) is 26.1 Å². The van der Waals surface area contributed by atoms with Crippen molar-refractivity contribution in [1.29, 1.82) is 0 Å². The Labute approximate surface area is 110 Å². The lowest BCUT2D eigenvalue weighted by molar-refractivity contribution is -0.129. The van der Waals surface area contributed by atoms with Gasteiger partial charge in [-0.2, -0.15) is 5.10 Å². The van der Waals surface area contributed by atoms with Crippen molar-refractivity contribution in [3.8, 4) is 0 Å². The van der Waals surface area contributed by atoms with E-state index in [1.165, 1.54) is 17.0 Å². The minimum absolute atomic E-state index is 0.104. The van der Waals surface area contributed by atoms with Gasteiger partial charge in [-0.1, -0.05) is 12.1 Å². The number of carbonyl (C=O) groups is 1. The maximum absolute atomic E-state index is 13.0. The minimum Gasteiger partial charge on any atom is -0.338 e. The first-order valence-corrected chi connectivity index (χ1v) is 5.91. The van der Waals surface area contributed by atoms with E-state index in [0.717, 1.165) is 0 Å². The maximum Gasteiger partial charge on any atom is 0.227 e. The van der Waals surface area contributed by atoms with Gasteiger partial charge >= 0.3 is 0 Å². The first-order chi connectivity index (χ1) is 9.04. The molecule has 1 heterocycles. The predicted octanol–water partition coefficient (Wildman–Crippen LogP) is 1.45. The maximum atomic E-state index is 13.0. The Bertz CT molecular complexity index is 582. The third kappa shape index (κ3) is 3.61. The molecule has 0 aliphatic heterocycles.